The molecular weight excluding hydrogens is 335 g/mol. The number of nitrogen functional groups attached to an aromatic ring is 1. The second-order valence-electron chi connectivity index (χ2n) is 6.27. The third-order valence-electron chi connectivity index (χ3n) is 4.18. The molecule has 0 aliphatic rings. The van der Waals surface area contributed by atoms with E-state index in [-0.39, 0.29) is 16.9 Å². The van der Waals surface area contributed by atoms with E-state index in [1.165, 1.54) is 6.07 Å². The molecule has 0 atom stereocenters. The Balaban J connectivity index is 2.36. The lowest BCUT2D eigenvalue weighted by Crippen LogP contribution is -2.15. The summed E-state index contributed by atoms with van der Waals surface area (Å²) >= 11 is 4.36. The molecule has 2 aromatic rings. The van der Waals surface area contributed by atoms with Crippen molar-refractivity contribution in [1.29, 1.82) is 0 Å². The Morgan fingerprint density at radius 3 is 2.17 bits per heavy atom. The molecular formula is C18H20F3NOS. The zero-order chi connectivity index (χ0) is 18.1. The number of ether oxygens (including phenoxy) is 1. The highest BCUT2D eigenvalue weighted by Crippen LogP contribution is 2.38. The molecule has 0 saturated heterocycles. The van der Waals surface area contributed by atoms with E-state index in [0.717, 1.165) is 24.1 Å². The van der Waals surface area contributed by atoms with Crippen molar-refractivity contribution in [3.63, 3.8) is 0 Å². The molecule has 0 aliphatic heterocycles. The number of halogens is 3. The lowest BCUT2D eigenvalue weighted by molar-refractivity contribution is -0.137. The average molecular weight is 355 g/mol. The van der Waals surface area contributed by atoms with Gasteiger partial charge in [0.1, 0.15) is 11.5 Å². The molecule has 0 fully saturated rings. The summed E-state index contributed by atoms with van der Waals surface area (Å²) in [5.74, 6) is 0.633. The van der Waals surface area contributed by atoms with Crippen LogP contribution in [0.4, 0.5) is 18.9 Å². The number of anilines is 1. The molecule has 0 radical (unpaired) electrons. The molecule has 2 N–H and O–H groups in total. The smallest absolute Gasteiger partial charge is 0.416 e. The lowest BCUT2D eigenvalue weighted by Gasteiger charge is -2.24. The Labute approximate surface area is 145 Å². The fourth-order valence-electron chi connectivity index (χ4n) is 2.16. The van der Waals surface area contributed by atoms with Gasteiger partial charge in [0.15, 0.2) is 0 Å². The first-order valence-electron chi connectivity index (χ1n) is 7.52. The molecule has 0 heterocycles. The molecule has 6 heteroatoms. The van der Waals surface area contributed by atoms with Crippen LogP contribution in [0.3, 0.4) is 0 Å². The molecule has 2 aromatic carbocycles. The van der Waals surface area contributed by atoms with Gasteiger partial charge in [-0.15, -0.1) is 12.6 Å². The normalized spacial score (nSPS) is 12.3. The van der Waals surface area contributed by atoms with Gasteiger partial charge in [-0.2, -0.15) is 13.2 Å². The van der Waals surface area contributed by atoms with Gasteiger partial charge in [0.05, 0.1) is 11.3 Å². The third kappa shape index (κ3) is 3.98. The summed E-state index contributed by atoms with van der Waals surface area (Å²) in [7, 11) is 0. The van der Waals surface area contributed by atoms with Gasteiger partial charge in [0.25, 0.3) is 0 Å². The highest BCUT2D eigenvalue weighted by Gasteiger charge is 2.31. The maximum absolute atomic E-state index is 12.7. The minimum absolute atomic E-state index is 0.0503. The molecule has 0 unspecified atom stereocenters. The fourth-order valence-corrected chi connectivity index (χ4v) is 2.34. The summed E-state index contributed by atoms with van der Waals surface area (Å²) in [4.78, 5) is 0.588. The Kier molecular flexibility index (Phi) is 5.08. The fraction of sp³-hybridized carbons (Fsp3) is 0.333. The van der Waals surface area contributed by atoms with E-state index < -0.39 is 11.7 Å². The first kappa shape index (κ1) is 18.5. The molecule has 0 amide bonds. The molecule has 0 spiro atoms. The Hall–Kier alpha value is -1.82. The second-order valence-corrected chi connectivity index (χ2v) is 6.75. The summed E-state index contributed by atoms with van der Waals surface area (Å²) in [6.45, 7) is 6.30. The van der Waals surface area contributed by atoms with Gasteiger partial charge < -0.3 is 10.5 Å². The quantitative estimate of drug-likeness (QED) is 0.517. The van der Waals surface area contributed by atoms with Gasteiger partial charge in [-0.25, -0.2) is 0 Å². The SMILES string of the molecule is CCC(C)(C)c1ccc(S)c(Oc2ccc(C(F)(F)F)cc2N)c1. The van der Waals surface area contributed by atoms with Crippen LogP contribution in [0.5, 0.6) is 11.5 Å². The van der Waals surface area contributed by atoms with Crippen molar-refractivity contribution < 1.29 is 17.9 Å². The lowest BCUT2D eigenvalue weighted by atomic mass is 9.82. The van der Waals surface area contributed by atoms with Gasteiger partial charge >= 0.3 is 6.18 Å². The summed E-state index contributed by atoms with van der Waals surface area (Å²) in [6.07, 6.45) is -3.51. The number of alkyl halides is 3. The molecule has 24 heavy (non-hydrogen) atoms. The van der Waals surface area contributed by atoms with E-state index in [9.17, 15) is 13.2 Å². The number of hydrogen-bond donors (Lipinski definition) is 2. The van der Waals surface area contributed by atoms with Crippen LogP contribution < -0.4 is 10.5 Å². The topological polar surface area (TPSA) is 35.2 Å². The van der Waals surface area contributed by atoms with Crippen LogP contribution in [0, 0.1) is 0 Å². The minimum atomic E-state index is -4.44. The van der Waals surface area contributed by atoms with E-state index in [0.29, 0.717) is 10.6 Å². The van der Waals surface area contributed by atoms with Gasteiger partial charge in [-0.05, 0) is 47.7 Å². The monoisotopic (exact) mass is 355 g/mol. The summed E-state index contributed by atoms with van der Waals surface area (Å²) in [5, 5.41) is 0. The number of nitrogens with two attached hydrogens (primary N) is 1. The number of hydrogen-bond acceptors (Lipinski definition) is 3. The first-order valence-corrected chi connectivity index (χ1v) is 7.97. The highest BCUT2D eigenvalue weighted by molar-refractivity contribution is 7.80. The van der Waals surface area contributed by atoms with Crippen LogP contribution in [-0.2, 0) is 11.6 Å². The van der Waals surface area contributed by atoms with E-state index in [1.807, 2.05) is 18.2 Å². The Morgan fingerprint density at radius 2 is 1.62 bits per heavy atom. The van der Waals surface area contributed by atoms with Crippen molar-refractivity contribution in [1.82, 2.24) is 0 Å². The molecule has 0 aliphatic carbocycles. The van der Waals surface area contributed by atoms with Gasteiger partial charge in [0, 0.05) is 4.90 Å². The maximum Gasteiger partial charge on any atom is 0.416 e. The van der Waals surface area contributed by atoms with Crippen molar-refractivity contribution in [3.05, 3.63) is 47.5 Å². The summed E-state index contributed by atoms with van der Waals surface area (Å²) in [5.41, 5.74) is 5.85. The molecule has 0 bridgehead atoms. The van der Waals surface area contributed by atoms with E-state index in [1.54, 1.807) is 0 Å². The first-order chi connectivity index (χ1) is 11.0. The second kappa shape index (κ2) is 6.59. The molecule has 0 saturated carbocycles. The van der Waals surface area contributed by atoms with Gasteiger partial charge in [-0.1, -0.05) is 26.8 Å². The minimum Gasteiger partial charge on any atom is -0.454 e. The molecule has 2 rings (SSSR count). The zero-order valence-electron chi connectivity index (χ0n) is 13.7. The van der Waals surface area contributed by atoms with Crippen LogP contribution in [-0.4, -0.2) is 0 Å². The van der Waals surface area contributed by atoms with Crippen LogP contribution in [0.15, 0.2) is 41.3 Å². The van der Waals surface area contributed by atoms with Crippen molar-refractivity contribution in [2.75, 3.05) is 5.73 Å². The average Bonchev–Trinajstić information content (AvgIpc) is 2.50. The van der Waals surface area contributed by atoms with Crippen molar-refractivity contribution in [2.24, 2.45) is 0 Å². The highest BCUT2D eigenvalue weighted by atomic mass is 32.1. The van der Waals surface area contributed by atoms with Gasteiger partial charge in [0.2, 0.25) is 0 Å². The van der Waals surface area contributed by atoms with Crippen molar-refractivity contribution >= 4 is 18.3 Å². The number of benzene rings is 2. The Bertz CT molecular complexity index is 742. The summed E-state index contributed by atoms with van der Waals surface area (Å²) in [6, 6.07) is 8.67. The molecule has 0 aromatic heterocycles. The standard InChI is InChI=1S/C18H20F3NOS/c1-4-17(2,3)11-6-8-16(24)15(10-11)23-14-7-5-12(9-13(14)22)18(19,20)21/h5-10,24H,4,22H2,1-3H3. The van der Waals surface area contributed by atoms with Gasteiger partial charge in [-0.3, -0.25) is 0 Å². The molecule has 130 valence electrons. The van der Waals surface area contributed by atoms with E-state index >= 15 is 0 Å². The van der Waals surface area contributed by atoms with Crippen LogP contribution >= 0.6 is 12.6 Å². The predicted octanol–water partition coefficient (Wildman–Crippen LogP) is 6.06. The van der Waals surface area contributed by atoms with Crippen molar-refractivity contribution in [3.8, 4) is 11.5 Å². The van der Waals surface area contributed by atoms with E-state index in [2.05, 4.69) is 33.4 Å². The maximum atomic E-state index is 12.7. The van der Waals surface area contributed by atoms with Crippen LogP contribution in [0.1, 0.15) is 38.3 Å². The van der Waals surface area contributed by atoms with Crippen LogP contribution in [0.25, 0.3) is 0 Å². The van der Waals surface area contributed by atoms with Crippen LogP contribution in [0.2, 0.25) is 0 Å². The molecule has 2 nitrogen and oxygen atoms in total. The largest absolute Gasteiger partial charge is 0.454 e. The predicted molar refractivity (Wildman–Crippen MR) is 92.9 cm³/mol. The summed E-state index contributed by atoms with van der Waals surface area (Å²) < 4.78 is 43.8. The Morgan fingerprint density at radius 1 is 1.00 bits per heavy atom. The van der Waals surface area contributed by atoms with Crippen molar-refractivity contribution in [2.45, 2.75) is 43.7 Å². The van der Waals surface area contributed by atoms with E-state index in [4.69, 9.17) is 10.5 Å². The zero-order valence-corrected chi connectivity index (χ0v) is 14.6. The number of thiol groups is 1. The third-order valence-corrected chi connectivity index (χ3v) is 4.55. The number of rotatable bonds is 4.